The van der Waals surface area contributed by atoms with Crippen LogP contribution in [-0.4, -0.2) is 21.3 Å². The number of hydrogen-bond acceptors (Lipinski definition) is 4. The summed E-state index contributed by atoms with van der Waals surface area (Å²) in [5, 5.41) is 0. The molecule has 4 nitrogen and oxygen atoms in total. The molecule has 112 valence electrons. The standard InChI is InChI=1S/C16H17BrO4/c1-18-14-8-12(9-15(19-2)16(14)20-3)21-10-11-6-4-5-7-13(11)17/h4-9H,10H2,1-3H3. The maximum atomic E-state index is 5.81. The fourth-order valence-electron chi connectivity index (χ4n) is 1.92. The minimum Gasteiger partial charge on any atom is -0.493 e. The molecule has 0 atom stereocenters. The number of halogens is 1. The Hall–Kier alpha value is -1.88. The van der Waals surface area contributed by atoms with Gasteiger partial charge in [0.05, 0.1) is 21.3 Å². The van der Waals surface area contributed by atoms with Crippen LogP contribution in [0.3, 0.4) is 0 Å². The van der Waals surface area contributed by atoms with Crippen LogP contribution < -0.4 is 18.9 Å². The molecule has 0 heterocycles. The van der Waals surface area contributed by atoms with E-state index in [-0.39, 0.29) is 0 Å². The first kappa shape index (κ1) is 15.5. The number of methoxy groups -OCH3 is 3. The number of rotatable bonds is 6. The average Bonchev–Trinajstić information content (AvgIpc) is 2.52. The van der Waals surface area contributed by atoms with Crippen LogP contribution >= 0.6 is 15.9 Å². The van der Waals surface area contributed by atoms with Gasteiger partial charge >= 0.3 is 0 Å². The van der Waals surface area contributed by atoms with Gasteiger partial charge in [0.1, 0.15) is 12.4 Å². The molecular weight excluding hydrogens is 336 g/mol. The summed E-state index contributed by atoms with van der Waals surface area (Å²) < 4.78 is 22.7. The predicted molar refractivity (Wildman–Crippen MR) is 84.6 cm³/mol. The molecule has 0 aromatic heterocycles. The van der Waals surface area contributed by atoms with Crippen LogP contribution in [0.25, 0.3) is 0 Å². The van der Waals surface area contributed by atoms with Crippen molar-refractivity contribution in [1.82, 2.24) is 0 Å². The zero-order chi connectivity index (χ0) is 15.2. The highest BCUT2D eigenvalue weighted by molar-refractivity contribution is 9.10. The first-order valence-electron chi connectivity index (χ1n) is 6.35. The Labute approximate surface area is 132 Å². The Morgan fingerprint density at radius 2 is 1.52 bits per heavy atom. The summed E-state index contributed by atoms with van der Waals surface area (Å²) in [6.07, 6.45) is 0. The van der Waals surface area contributed by atoms with Crippen molar-refractivity contribution in [3.8, 4) is 23.0 Å². The van der Waals surface area contributed by atoms with E-state index in [2.05, 4.69) is 15.9 Å². The van der Waals surface area contributed by atoms with Crippen LogP contribution in [0.4, 0.5) is 0 Å². The maximum Gasteiger partial charge on any atom is 0.203 e. The van der Waals surface area contributed by atoms with Crippen molar-refractivity contribution in [3.05, 3.63) is 46.4 Å². The summed E-state index contributed by atoms with van der Waals surface area (Å²) in [6.45, 7) is 0.445. The smallest absolute Gasteiger partial charge is 0.203 e. The van der Waals surface area contributed by atoms with E-state index in [4.69, 9.17) is 18.9 Å². The second kappa shape index (κ2) is 7.22. The first-order valence-corrected chi connectivity index (χ1v) is 7.15. The van der Waals surface area contributed by atoms with E-state index in [1.54, 1.807) is 33.5 Å². The monoisotopic (exact) mass is 352 g/mol. The third-order valence-corrected chi connectivity index (χ3v) is 3.76. The summed E-state index contributed by atoms with van der Waals surface area (Å²) >= 11 is 3.50. The molecule has 2 rings (SSSR count). The molecule has 0 N–H and O–H groups in total. The minimum atomic E-state index is 0.445. The lowest BCUT2D eigenvalue weighted by molar-refractivity contribution is 0.291. The van der Waals surface area contributed by atoms with Crippen molar-refractivity contribution < 1.29 is 18.9 Å². The normalized spacial score (nSPS) is 10.1. The molecule has 0 aliphatic rings. The number of benzene rings is 2. The lowest BCUT2D eigenvalue weighted by atomic mass is 10.2. The number of hydrogen-bond donors (Lipinski definition) is 0. The highest BCUT2D eigenvalue weighted by atomic mass is 79.9. The molecule has 0 unspecified atom stereocenters. The second-order valence-electron chi connectivity index (χ2n) is 4.24. The molecule has 0 aliphatic heterocycles. The largest absolute Gasteiger partial charge is 0.493 e. The molecule has 0 bridgehead atoms. The molecule has 2 aromatic rings. The third-order valence-electron chi connectivity index (χ3n) is 2.99. The average molecular weight is 353 g/mol. The van der Waals surface area contributed by atoms with E-state index in [0.717, 1.165) is 10.0 Å². The van der Waals surface area contributed by atoms with Gasteiger partial charge < -0.3 is 18.9 Å². The van der Waals surface area contributed by atoms with Gasteiger partial charge in [0.15, 0.2) is 11.5 Å². The molecule has 0 saturated carbocycles. The third kappa shape index (κ3) is 3.61. The van der Waals surface area contributed by atoms with Crippen LogP contribution in [0.1, 0.15) is 5.56 Å². The van der Waals surface area contributed by atoms with Crippen LogP contribution in [0.2, 0.25) is 0 Å². The van der Waals surface area contributed by atoms with Gasteiger partial charge in [-0.2, -0.15) is 0 Å². The Kier molecular flexibility index (Phi) is 5.33. The van der Waals surface area contributed by atoms with E-state index in [1.165, 1.54) is 0 Å². The molecule has 21 heavy (non-hydrogen) atoms. The molecule has 0 radical (unpaired) electrons. The van der Waals surface area contributed by atoms with Gasteiger partial charge in [-0.1, -0.05) is 34.1 Å². The zero-order valence-electron chi connectivity index (χ0n) is 12.2. The van der Waals surface area contributed by atoms with Crippen molar-refractivity contribution in [2.45, 2.75) is 6.61 Å². The minimum absolute atomic E-state index is 0.445. The lowest BCUT2D eigenvalue weighted by Gasteiger charge is -2.15. The van der Waals surface area contributed by atoms with Crippen molar-refractivity contribution in [1.29, 1.82) is 0 Å². The van der Waals surface area contributed by atoms with Crippen LogP contribution in [0.15, 0.2) is 40.9 Å². The molecule has 0 aliphatic carbocycles. The fourth-order valence-corrected chi connectivity index (χ4v) is 2.32. The van der Waals surface area contributed by atoms with Gasteiger partial charge in [-0.3, -0.25) is 0 Å². The lowest BCUT2D eigenvalue weighted by Crippen LogP contribution is -1.99. The Morgan fingerprint density at radius 3 is 2.05 bits per heavy atom. The second-order valence-corrected chi connectivity index (χ2v) is 5.10. The Morgan fingerprint density at radius 1 is 0.905 bits per heavy atom. The highest BCUT2D eigenvalue weighted by Crippen LogP contribution is 2.41. The van der Waals surface area contributed by atoms with Gasteiger partial charge in [-0.05, 0) is 6.07 Å². The summed E-state index contributed by atoms with van der Waals surface area (Å²) in [5.74, 6) is 2.34. The van der Waals surface area contributed by atoms with E-state index in [0.29, 0.717) is 29.6 Å². The SMILES string of the molecule is COc1cc(OCc2ccccc2Br)cc(OC)c1OC. The highest BCUT2D eigenvalue weighted by Gasteiger charge is 2.14. The predicted octanol–water partition coefficient (Wildman–Crippen LogP) is 4.05. The van der Waals surface area contributed by atoms with Gasteiger partial charge in [-0.25, -0.2) is 0 Å². The topological polar surface area (TPSA) is 36.9 Å². The van der Waals surface area contributed by atoms with Gasteiger partial charge in [0, 0.05) is 22.2 Å². The molecule has 0 amide bonds. The molecular formula is C16H17BrO4. The molecule has 0 saturated heterocycles. The molecule has 0 spiro atoms. The quantitative estimate of drug-likeness (QED) is 0.785. The molecule has 0 fully saturated rings. The fraction of sp³-hybridized carbons (Fsp3) is 0.250. The molecule has 2 aromatic carbocycles. The Bertz CT molecular complexity index is 588. The van der Waals surface area contributed by atoms with Crippen molar-refractivity contribution in [3.63, 3.8) is 0 Å². The van der Waals surface area contributed by atoms with Crippen molar-refractivity contribution in [2.75, 3.05) is 21.3 Å². The summed E-state index contributed by atoms with van der Waals surface area (Å²) in [6, 6.07) is 11.5. The van der Waals surface area contributed by atoms with Gasteiger partial charge in [0.25, 0.3) is 0 Å². The van der Waals surface area contributed by atoms with E-state index in [1.807, 2.05) is 24.3 Å². The van der Waals surface area contributed by atoms with Crippen molar-refractivity contribution >= 4 is 15.9 Å². The van der Waals surface area contributed by atoms with Crippen LogP contribution in [0, 0.1) is 0 Å². The molecule has 5 heteroatoms. The Balaban J connectivity index is 2.22. The first-order chi connectivity index (χ1) is 10.2. The van der Waals surface area contributed by atoms with Crippen molar-refractivity contribution in [2.24, 2.45) is 0 Å². The van der Waals surface area contributed by atoms with E-state index < -0.39 is 0 Å². The van der Waals surface area contributed by atoms with E-state index >= 15 is 0 Å². The van der Waals surface area contributed by atoms with Gasteiger partial charge in [0.2, 0.25) is 5.75 Å². The van der Waals surface area contributed by atoms with E-state index in [9.17, 15) is 0 Å². The summed E-state index contributed by atoms with van der Waals surface area (Å²) in [4.78, 5) is 0. The number of ether oxygens (including phenoxy) is 4. The van der Waals surface area contributed by atoms with Gasteiger partial charge in [-0.15, -0.1) is 0 Å². The van der Waals surface area contributed by atoms with Crippen LogP contribution in [0.5, 0.6) is 23.0 Å². The van der Waals surface area contributed by atoms with Crippen LogP contribution in [-0.2, 0) is 6.61 Å². The summed E-state index contributed by atoms with van der Waals surface area (Å²) in [7, 11) is 4.73. The summed E-state index contributed by atoms with van der Waals surface area (Å²) in [5.41, 5.74) is 1.06. The zero-order valence-corrected chi connectivity index (χ0v) is 13.8. The maximum absolute atomic E-state index is 5.81.